The molecule has 0 N–H and O–H groups in total. The largest absolute Gasteiger partial charge is 0.250 e. The molecule has 1 aromatic heterocycles. The summed E-state index contributed by atoms with van der Waals surface area (Å²) >= 11 is 0. The first-order chi connectivity index (χ1) is 11.6. The van der Waals surface area contributed by atoms with E-state index in [2.05, 4.69) is 11.1 Å². The average Bonchev–Trinajstić information content (AvgIpc) is 2.82. The van der Waals surface area contributed by atoms with Gasteiger partial charge in [0.2, 0.25) is 9.84 Å². The Morgan fingerprint density at radius 2 is 1.67 bits per heavy atom. The standard InChI is InChI=1S/C19H12N2O2S/c1-12-15(11-20)17(13-7-3-2-4-8-13)19-18(21-12)14-9-5-6-10-16(14)24(19,22)23/h2-10H,1H3. The second-order valence-electron chi connectivity index (χ2n) is 5.60. The highest BCUT2D eigenvalue weighted by Crippen LogP contribution is 2.47. The average molecular weight is 332 g/mol. The van der Waals surface area contributed by atoms with Gasteiger partial charge in [0, 0.05) is 11.1 Å². The Morgan fingerprint density at radius 3 is 2.38 bits per heavy atom. The summed E-state index contributed by atoms with van der Waals surface area (Å²) in [6.07, 6.45) is 0. The zero-order valence-corrected chi connectivity index (χ0v) is 13.6. The summed E-state index contributed by atoms with van der Waals surface area (Å²) < 4.78 is 26.2. The highest BCUT2D eigenvalue weighted by atomic mass is 32.2. The van der Waals surface area contributed by atoms with Crippen molar-refractivity contribution < 1.29 is 8.42 Å². The highest BCUT2D eigenvalue weighted by molar-refractivity contribution is 7.92. The van der Waals surface area contributed by atoms with E-state index < -0.39 is 9.84 Å². The number of aromatic nitrogens is 1. The van der Waals surface area contributed by atoms with Crippen molar-refractivity contribution in [3.05, 3.63) is 65.9 Å². The van der Waals surface area contributed by atoms with Crippen molar-refractivity contribution in [1.29, 1.82) is 5.26 Å². The molecule has 4 rings (SSSR count). The van der Waals surface area contributed by atoms with Crippen molar-refractivity contribution >= 4 is 9.84 Å². The fraction of sp³-hybridized carbons (Fsp3) is 0.0526. The van der Waals surface area contributed by atoms with Crippen LogP contribution in [0.15, 0.2) is 64.4 Å². The molecule has 1 aliphatic heterocycles. The lowest BCUT2D eigenvalue weighted by atomic mass is 9.97. The lowest BCUT2D eigenvalue weighted by molar-refractivity contribution is 0.599. The molecule has 2 heterocycles. The third-order valence-electron chi connectivity index (χ3n) is 4.21. The van der Waals surface area contributed by atoms with E-state index in [-0.39, 0.29) is 9.79 Å². The number of sulfone groups is 1. The lowest BCUT2D eigenvalue weighted by Crippen LogP contribution is -2.04. The smallest absolute Gasteiger partial charge is 0.210 e. The molecule has 5 heteroatoms. The van der Waals surface area contributed by atoms with Gasteiger partial charge in [-0.2, -0.15) is 5.26 Å². The quantitative estimate of drug-likeness (QED) is 0.532. The maximum atomic E-state index is 13.1. The minimum absolute atomic E-state index is 0.136. The van der Waals surface area contributed by atoms with Gasteiger partial charge in [0.25, 0.3) is 0 Å². The molecule has 0 aliphatic carbocycles. The predicted molar refractivity (Wildman–Crippen MR) is 90.0 cm³/mol. The molecule has 24 heavy (non-hydrogen) atoms. The Bertz CT molecular complexity index is 1130. The van der Waals surface area contributed by atoms with E-state index in [1.165, 1.54) is 0 Å². The van der Waals surface area contributed by atoms with Crippen LogP contribution in [0.4, 0.5) is 0 Å². The molecule has 116 valence electrons. The third kappa shape index (κ3) is 1.84. The maximum absolute atomic E-state index is 13.1. The Hall–Kier alpha value is -2.97. The van der Waals surface area contributed by atoms with Gasteiger partial charge >= 0.3 is 0 Å². The van der Waals surface area contributed by atoms with Crippen molar-refractivity contribution in [1.82, 2.24) is 4.98 Å². The van der Waals surface area contributed by atoms with Gasteiger partial charge < -0.3 is 0 Å². The summed E-state index contributed by atoms with van der Waals surface area (Å²) in [6.45, 7) is 1.73. The zero-order valence-electron chi connectivity index (χ0n) is 12.8. The molecule has 0 bridgehead atoms. The van der Waals surface area contributed by atoms with Gasteiger partial charge in [-0.15, -0.1) is 0 Å². The number of fused-ring (bicyclic) bond motifs is 3. The van der Waals surface area contributed by atoms with Crippen LogP contribution in [-0.2, 0) is 9.84 Å². The predicted octanol–water partition coefficient (Wildman–Crippen LogP) is 3.74. The van der Waals surface area contributed by atoms with E-state index >= 15 is 0 Å². The molecule has 0 unspecified atom stereocenters. The number of hydrogen-bond donors (Lipinski definition) is 0. The summed E-state index contributed by atoms with van der Waals surface area (Å²) in [4.78, 5) is 4.83. The van der Waals surface area contributed by atoms with E-state index in [1.54, 1.807) is 31.2 Å². The van der Waals surface area contributed by atoms with Crippen molar-refractivity contribution in [3.63, 3.8) is 0 Å². The Morgan fingerprint density at radius 1 is 1.00 bits per heavy atom. The van der Waals surface area contributed by atoms with Crippen LogP contribution in [0, 0.1) is 18.3 Å². The number of rotatable bonds is 1. The van der Waals surface area contributed by atoms with E-state index in [1.807, 2.05) is 30.3 Å². The Balaban J connectivity index is 2.22. The van der Waals surface area contributed by atoms with Gasteiger partial charge in [-0.25, -0.2) is 8.42 Å². The van der Waals surface area contributed by atoms with Crippen molar-refractivity contribution in [2.75, 3.05) is 0 Å². The summed E-state index contributed by atoms with van der Waals surface area (Å²) in [5.41, 5.74) is 3.00. The molecule has 1 aliphatic rings. The normalized spacial score (nSPS) is 13.8. The molecule has 0 atom stereocenters. The number of hydrogen-bond acceptors (Lipinski definition) is 4. The van der Waals surface area contributed by atoms with Gasteiger partial charge in [-0.1, -0.05) is 48.5 Å². The molecular formula is C19H12N2O2S. The van der Waals surface area contributed by atoms with Gasteiger partial charge in [0.1, 0.15) is 11.0 Å². The van der Waals surface area contributed by atoms with Gasteiger partial charge in [-0.05, 0) is 18.6 Å². The fourth-order valence-electron chi connectivity index (χ4n) is 3.16. The molecule has 0 fully saturated rings. The molecule has 0 saturated heterocycles. The number of benzene rings is 2. The second-order valence-corrected chi connectivity index (χ2v) is 7.46. The first kappa shape index (κ1) is 14.6. The molecule has 0 spiro atoms. The lowest BCUT2D eigenvalue weighted by Gasteiger charge is -2.12. The number of aryl methyl sites for hydroxylation is 1. The number of nitrogens with zero attached hydrogens (tertiary/aromatic N) is 2. The summed E-state index contributed by atoms with van der Waals surface area (Å²) in [7, 11) is -3.71. The number of nitriles is 1. The zero-order chi connectivity index (χ0) is 16.9. The highest BCUT2D eigenvalue weighted by Gasteiger charge is 2.38. The van der Waals surface area contributed by atoms with E-state index in [0.29, 0.717) is 33.6 Å². The van der Waals surface area contributed by atoms with Crippen LogP contribution in [-0.4, -0.2) is 13.4 Å². The van der Waals surface area contributed by atoms with Gasteiger partial charge in [-0.3, -0.25) is 4.98 Å². The minimum Gasteiger partial charge on any atom is -0.250 e. The van der Waals surface area contributed by atoms with Crippen LogP contribution in [0.3, 0.4) is 0 Å². The topological polar surface area (TPSA) is 70.8 Å². The second kappa shape index (κ2) is 5.02. The summed E-state index contributed by atoms with van der Waals surface area (Å²) in [5.74, 6) is 0. The molecular weight excluding hydrogens is 320 g/mol. The van der Waals surface area contributed by atoms with Crippen LogP contribution in [0.1, 0.15) is 11.3 Å². The summed E-state index contributed by atoms with van der Waals surface area (Å²) in [5, 5.41) is 9.59. The molecule has 4 nitrogen and oxygen atoms in total. The SMILES string of the molecule is Cc1nc2c(c(-c3ccccc3)c1C#N)S(=O)(=O)c1ccccc1-2. The first-order valence-corrected chi connectivity index (χ1v) is 8.88. The maximum Gasteiger partial charge on any atom is 0.210 e. The van der Waals surface area contributed by atoms with Crippen LogP contribution in [0.25, 0.3) is 22.4 Å². The fourth-order valence-corrected chi connectivity index (χ4v) is 4.99. The molecule has 0 saturated carbocycles. The third-order valence-corrected chi connectivity index (χ3v) is 6.08. The number of pyridine rings is 1. The van der Waals surface area contributed by atoms with E-state index in [0.717, 1.165) is 0 Å². The van der Waals surface area contributed by atoms with E-state index in [4.69, 9.17) is 0 Å². The molecule has 0 radical (unpaired) electrons. The monoisotopic (exact) mass is 332 g/mol. The Labute approximate surface area is 140 Å². The van der Waals surface area contributed by atoms with Crippen molar-refractivity contribution in [2.45, 2.75) is 16.7 Å². The minimum atomic E-state index is -3.71. The van der Waals surface area contributed by atoms with Crippen LogP contribution >= 0.6 is 0 Å². The summed E-state index contributed by atoms with van der Waals surface area (Å²) in [6, 6.07) is 18.1. The molecule has 2 aromatic carbocycles. The Kier molecular flexibility index (Phi) is 3.05. The van der Waals surface area contributed by atoms with Crippen molar-refractivity contribution in [2.24, 2.45) is 0 Å². The van der Waals surface area contributed by atoms with Crippen molar-refractivity contribution in [3.8, 4) is 28.5 Å². The van der Waals surface area contributed by atoms with Crippen LogP contribution in [0.5, 0.6) is 0 Å². The van der Waals surface area contributed by atoms with Gasteiger partial charge in [0.15, 0.2) is 0 Å². The molecule has 0 amide bonds. The van der Waals surface area contributed by atoms with Crippen LogP contribution in [0.2, 0.25) is 0 Å². The van der Waals surface area contributed by atoms with Crippen LogP contribution < -0.4 is 0 Å². The molecule has 3 aromatic rings. The van der Waals surface area contributed by atoms with E-state index in [9.17, 15) is 13.7 Å². The van der Waals surface area contributed by atoms with Gasteiger partial charge in [0.05, 0.1) is 21.8 Å². The first-order valence-electron chi connectivity index (χ1n) is 7.40.